The lowest BCUT2D eigenvalue weighted by molar-refractivity contribution is 0.0948. The third-order valence-corrected chi connectivity index (χ3v) is 5.19. The molecule has 2 aromatic carbocycles. The van der Waals surface area contributed by atoms with Crippen molar-refractivity contribution in [2.24, 2.45) is 0 Å². The van der Waals surface area contributed by atoms with Crippen LogP contribution in [0, 0.1) is 0 Å². The number of aromatic nitrogens is 1. The first kappa shape index (κ1) is 21.6. The van der Waals surface area contributed by atoms with Gasteiger partial charge in [0, 0.05) is 28.6 Å². The van der Waals surface area contributed by atoms with Gasteiger partial charge in [-0.25, -0.2) is 4.98 Å². The van der Waals surface area contributed by atoms with E-state index in [9.17, 15) is 9.59 Å². The molecule has 3 rings (SSSR count). The lowest BCUT2D eigenvalue weighted by Crippen LogP contribution is -2.26. The Morgan fingerprint density at radius 1 is 1.03 bits per heavy atom. The highest BCUT2D eigenvalue weighted by atomic mass is 35.5. The molecule has 2 N–H and O–H groups in total. The Hall–Kier alpha value is -3.10. The molecule has 0 aliphatic rings. The summed E-state index contributed by atoms with van der Waals surface area (Å²) in [6.07, 6.45) is 0.675. The molecule has 0 spiro atoms. The number of nitrogens with zero attached hydrogens (tertiary/aromatic N) is 1. The van der Waals surface area contributed by atoms with Crippen molar-refractivity contribution in [1.29, 1.82) is 0 Å². The average molecular weight is 446 g/mol. The van der Waals surface area contributed by atoms with E-state index < -0.39 is 0 Å². The fraction of sp³-hybridized carbons (Fsp3) is 0.190. The molecule has 9 heteroatoms. The van der Waals surface area contributed by atoms with Crippen LogP contribution in [0.15, 0.2) is 47.8 Å². The number of nitrogens with one attached hydrogen (secondary N) is 2. The normalized spacial score (nSPS) is 10.4. The highest BCUT2D eigenvalue weighted by molar-refractivity contribution is 7.14. The number of hydrogen-bond donors (Lipinski definition) is 2. The van der Waals surface area contributed by atoms with Gasteiger partial charge >= 0.3 is 0 Å². The van der Waals surface area contributed by atoms with Gasteiger partial charge in [-0.15, -0.1) is 11.3 Å². The highest BCUT2D eigenvalue weighted by Gasteiger charge is 2.15. The lowest BCUT2D eigenvalue weighted by atomic mass is 10.1. The van der Waals surface area contributed by atoms with Crippen molar-refractivity contribution in [3.8, 4) is 11.5 Å². The molecule has 0 fully saturated rings. The van der Waals surface area contributed by atoms with E-state index in [0.717, 1.165) is 5.56 Å². The first-order valence-corrected chi connectivity index (χ1v) is 10.3. The second-order valence-electron chi connectivity index (χ2n) is 6.23. The number of thiazole rings is 1. The largest absolute Gasteiger partial charge is 0.497 e. The zero-order chi connectivity index (χ0) is 21.5. The van der Waals surface area contributed by atoms with Crippen LogP contribution in [0.5, 0.6) is 11.5 Å². The van der Waals surface area contributed by atoms with Crippen molar-refractivity contribution in [3.05, 3.63) is 69.7 Å². The van der Waals surface area contributed by atoms with Crippen molar-refractivity contribution in [2.75, 3.05) is 26.1 Å². The number of benzene rings is 2. The fourth-order valence-corrected chi connectivity index (χ4v) is 3.42. The van der Waals surface area contributed by atoms with Gasteiger partial charge in [-0.05, 0) is 36.2 Å². The minimum atomic E-state index is -0.378. The van der Waals surface area contributed by atoms with Crippen molar-refractivity contribution in [1.82, 2.24) is 10.3 Å². The number of anilines is 1. The summed E-state index contributed by atoms with van der Waals surface area (Å²) in [6, 6.07) is 12.3. The summed E-state index contributed by atoms with van der Waals surface area (Å²) in [5, 5.41) is 8.10. The third-order valence-electron chi connectivity index (χ3n) is 4.18. The molecule has 0 radical (unpaired) electrons. The van der Waals surface area contributed by atoms with Crippen LogP contribution < -0.4 is 20.1 Å². The van der Waals surface area contributed by atoms with Crippen LogP contribution in [0.25, 0.3) is 0 Å². The number of ether oxygens (including phenoxy) is 2. The van der Waals surface area contributed by atoms with Gasteiger partial charge in [0.15, 0.2) is 5.13 Å². The van der Waals surface area contributed by atoms with Gasteiger partial charge in [-0.1, -0.05) is 23.7 Å². The van der Waals surface area contributed by atoms with Crippen LogP contribution in [0.2, 0.25) is 5.02 Å². The molecule has 0 saturated heterocycles. The summed E-state index contributed by atoms with van der Waals surface area (Å²) in [7, 11) is 3.02. The maximum absolute atomic E-state index is 12.5. The Bertz CT molecular complexity index is 1010. The standard InChI is InChI=1S/C21H20ClN3O4S/c1-28-16-9-14(10-17(11-16)29-2)19(26)25-21-24-18(12-30-21)20(27)23-8-7-13-3-5-15(22)6-4-13/h3-6,9-12H,7-8H2,1-2H3,(H,23,27)(H,24,25,26). The molecule has 7 nitrogen and oxygen atoms in total. The van der Waals surface area contributed by atoms with Gasteiger partial charge in [-0.2, -0.15) is 0 Å². The molecule has 0 saturated carbocycles. The van der Waals surface area contributed by atoms with Crippen LogP contribution in [0.4, 0.5) is 5.13 Å². The maximum atomic E-state index is 12.5. The molecule has 0 aliphatic carbocycles. The molecule has 1 aromatic heterocycles. The number of carbonyl (C=O) groups excluding carboxylic acids is 2. The minimum absolute atomic E-state index is 0.245. The number of hydrogen-bond acceptors (Lipinski definition) is 6. The first-order chi connectivity index (χ1) is 14.5. The summed E-state index contributed by atoms with van der Waals surface area (Å²) in [5.74, 6) is 0.318. The third kappa shape index (κ3) is 5.71. The Kier molecular flexibility index (Phi) is 7.26. The Balaban J connectivity index is 1.57. The van der Waals surface area contributed by atoms with Gasteiger partial charge in [0.2, 0.25) is 0 Å². The number of amides is 2. The predicted octanol–water partition coefficient (Wildman–Crippen LogP) is 4.04. The van der Waals surface area contributed by atoms with E-state index in [4.69, 9.17) is 21.1 Å². The smallest absolute Gasteiger partial charge is 0.270 e. The minimum Gasteiger partial charge on any atom is -0.497 e. The average Bonchev–Trinajstić information content (AvgIpc) is 3.23. The van der Waals surface area contributed by atoms with E-state index in [1.165, 1.54) is 25.6 Å². The molecule has 0 aliphatic heterocycles. The van der Waals surface area contributed by atoms with Gasteiger partial charge in [0.25, 0.3) is 11.8 Å². The Morgan fingerprint density at radius 3 is 2.33 bits per heavy atom. The lowest BCUT2D eigenvalue weighted by Gasteiger charge is -2.08. The first-order valence-electron chi connectivity index (χ1n) is 9.01. The van der Waals surface area contributed by atoms with Crippen molar-refractivity contribution >= 4 is 39.9 Å². The van der Waals surface area contributed by atoms with E-state index in [1.807, 2.05) is 24.3 Å². The topological polar surface area (TPSA) is 89.6 Å². The van der Waals surface area contributed by atoms with Gasteiger partial charge in [0.05, 0.1) is 14.2 Å². The molecule has 156 valence electrons. The van der Waals surface area contributed by atoms with Gasteiger partial charge in [0.1, 0.15) is 17.2 Å². The molecule has 0 unspecified atom stereocenters. The molecule has 0 atom stereocenters. The SMILES string of the molecule is COc1cc(OC)cc(C(=O)Nc2nc(C(=O)NCCc3ccc(Cl)cc3)cs2)c1. The van der Waals surface area contributed by atoms with Crippen LogP contribution >= 0.6 is 22.9 Å². The van der Waals surface area contributed by atoms with Crippen molar-refractivity contribution in [2.45, 2.75) is 6.42 Å². The Morgan fingerprint density at radius 2 is 1.70 bits per heavy atom. The second-order valence-corrected chi connectivity index (χ2v) is 7.52. The number of carbonyl (C=O) groups is 2. The van der Waals surface area contributed by atoms with Crippen LogP contribution in [-0.4, -0.2) is 37.6 Å². The molecular weight excluding hydrogens is 426 g/mol. The van der Waals surface area contributed by atoms with E-state index >= 15 is 0 Å². The van der Waals surface area contributed by atoms with Gasteiger partial charge in [-0.3, -0.25) is 14.9 Å². The number of methoxy groups -OCH3 is 2. The summed E-state index contributed by atoms with van der Waals surface area (Å²) in [6.45, 7) is 0.462. The monoisotopic (exact) mass is 445 g/mol. The molecular formula is C21H20ClN3O4S. The highest BCUT2D eigenvalue weighted by Crippen LogP contribution is 2.24. The quantitative estimate of drug-likeness (QED) is 0.546. The van der Waals surface area contributed by atoms with Gasteiger partial charge < -0.3 is 14.8 Å². The van der Waals surface area contributed by atoms with Crippen molar-refractivity contribution < 1.29 is 19.1 Å². The number of rotatable bonds is 8. The van der Waals surface area contributed by atoms with Crippen LogP contribution in [0.1, 0.15) is 26.4 Å². The van der Waals surface area contributed by atoms with E-state index in [0.29, 0.717) is 40.2 Å². The fourth-order valence-electron chi connectivity index (χ4n) is 2.61. The van der Waals surface area contributed by atoms with E-state index in [2.05, 4.69) is 15.6 Å². The Labute approximate surface area is 183 Å². The zero-order valence-corrected chi connectivity index (χ0v) is 18.0. The molecule has 3 aromatic rings. The van der Waals surface area contributed by atoms with Crippen LogP contribution in [0.3, 0.4) is 0 Å². The molecule has 2 amide bonds. The molecule has 0 bridgehead atoms. The molecule has 1 heterocycles. The second kappa shape index (κ2) is 10.1. The summed E-state index contributed by atoms with van der Waals surface area (Å²) in [5.41, 5.74) is 1.67. The van der Waals surface area contributed by atoms with Crippen molar-refractivity contribution in [3.63, 3.8) is 0 Å². The van der Waals surface area contributed by atoms with E-state index in [-0.39, 0.29) is 17.5 Å². The number of halogens is 1. The maximum Gasteiger partial charge on any atom is 0.270 e. The van der Waals surface area contributed by atoms with Crippen LogP contribution in [-0.2, 0) is 6.42 Å². The summed E-state index contributed by atoms with van der Waals surface area (Å²) in [4.78, 5) is 29.0. The zero-order valence-electron chi connectivity index (χ0n) is 16.4. The summed E-state index contributed by atoms with van der Waals surface area (Å²) >= 11 is 7.04. The molecule has 30 heavy (non-hydrogen) atoms. The van der Waals surface area contributed by atoms with E-state index in [1.54, 1.807) is 23.6 Å². The summed E-state index contributed by atoms with van der Waals surface area (Å²) < 4.78 is 10.4. The predicted molar refractivity (Wildman–Crippen MR) is 117 cm³/mol.